The molecule has 3 N–H and O–H groups in total. The van der Waals surface area contributed by atoms with Gasteiger partial charge in [-0.1, -0.05) is 13.0 Å². The van der Waals surface area contributed by atoms with Crippen LogP contribution in [0.5, 0.6) is 5.75 Å². The third-order valence-corrected chi connectivity index (χ3v) is 2.73. The largest absolute Gasteiger partial charge is 0.508 e. The van der Waals surface area contributed by atoms with Crippen molar-refractivity contribution >= 4 is 10.0 Å². The van der Waals surface area contributed by atoms with Gasteiger partial charge < -0.3 is 5.11 Å². The zero-order valence-corrected chi connectivity index (χ0v) is 8.00. The van der Waals surface area contributed by atoms with Gasteiger partial charge in [0.1, 0.15) is 5.75 Å². The second kappa shape index (κ2) is 3.35. The van der Waals surface area contributed by atoms with Gasteiger partial charge in [-0.3, -0.25) is 0 Å². The van der Waals surface area contributed by atoms with E-state index in [0.29, 0.717) is 12.0 Å². The average molecular weight is 201 g/mol. The standard InChI is InChI=1S/C8H11NO3S/c1-2-6-3-4-7(10)5-8(6)13(9,11)12/h3-5,10H,2H2,1H3,(H2,9,11,12). The predicted molar refractivity (Wildman–Crippen MR) is 48.9 cm³/mol. The van der Waals surface area contributed by atoms with Crippen LogP contribution in [0.25, 0.3) is 0 Å². The van der Waals surface area contributed by atoms with Crippen molar-refractivity contribution in [1.29, 1.82) is 0 Å². The predicted octanol–water partition coefficient (Wildman–Crippen LogP) is 0.602. The van der Waals surface area contributed by atoms with Crippen molar-refractivity contribution in [2.24, 2.45) is 5.14 Å². The van der Waals surface area contributed by atoms with Gasteiger partial charge in [0.15, 0.2) is 0 Å². The Morgan fingerprint density at radius 3 is 2.54 bits per heavy atom. The Kier molecular flexibility index (Phi) is 2.58. The second-order valence-corrected chi connectivity index (χ2v) is 4.22. The molecule has 0 heterocycles. The molecule has 0 fully saturated rings. The quantitative estimate of drug-likeness (QED) is 0.735. The maximum atomic E-state index is 11.0. The van der Waals surface area contributed by atoms with E-state index in [1.54, 1.807) is 6.07 Å². The van der Waals surface area contributed by atoms with Gasteiger partial charge in [-0.2, -0.15) is 0 Å². The molecule has 0 unspecified atom stereocenters. The number of phenolic OH excluding ortho intramolecular Hbond substituents is 1. The number of primary sulfonamides is 1. The summed E-state index contributed by atoms with van der Waals surface area (Å²) in [5.41, 5.74) is 0.611. The summed E-state index contributed by atoms with van der Waals surface area (Å²) in [5, 5.41) is 14.0. The Hall–Kier alpha value is -1.07. The lowest BCUT2D eigenvalue weighted by Gasteiger charge is -2.05. The van der Waals surface area contributed by atoms with E-state index in [2.05, 4.69) is 0 Å². The first-order valence-electron chi connectivity index (χ1n) is 3.80. The van der Waals surface area contributed by atoms with Crippen molar-refractivity contribution in [2.45, 2.75) is 18.2 Å². The van der Waals surface area contributed by atoms with Gasteiger partial charge in [-0.05, 0) is 18.1 Å². The minimum absolute atomic E-state index is 0.00463. The number of phenols is 1. The third kappa shape index (κ3) is 2.19. The summed E-state index contributed by atoms with van der Waals surface area (Å²) in [4.78, 5) is -0.00463. The van der Waals surface area contributed by atoms with Gasteiger partial charge in [-0.25, -0.2) is 13.6 Å². The van der Waals surface area contributed by atoms with Gasteiger partial charge in [0.05, 0.1) is 4.90 Å². The summed E-state index contributed by atoms with van der Waals surface area (Å²) in [6, 6.07) is 4.15. The highest BCUT2D eigenvalue weighted by atomic mass is 32.2. The monoisotopic (exact) mass is 201 g/mol. The minimum Gasteiger partial charge on any atom is -0.508 e. The number of benzene rings is 1. The molecule has 0 aliphatic heterocycles. The maximum Gasteiger partial charge on any atom is 0.238 e. The second-order valence-electron chi connectivity index (χ2n) is 2.69. The Balaban J connectivity index is 3.41. The maximum absolute atomic E-state index is 11.0. The molecule has 0 aromatic heterocycles. The molecule has 1 rings (SSSR count). The number of rotatable bonds is 2. The first-order chi connectivity index (χ1) is 5.95. The lowest BCUT2D eigenvalue weighted by molar-refractivity contribution is 0.472. The van der Waals surface area contributed by atoms with Crippen molar-refractivity contribution < 1.29 is 13.5 Å². The van der Waals surface area contributed by atoms with Crippen LogP contribution in [0.4, 0.5) is 0 Å². The molecule has 1 aromatic carbocycles. The van der Waals surface area contributed by atoms with Gasteiger partial charge in [0.25, 0.3) is 0 Å². The molecule has 0 bridgehead atoms. The van der Waals surface area contributed by atoms with Crippen molar-refractivity contribution in [3.63, 3.8) is 0 Å². The molecule has 0 spiro atoms. The smallest absolute Gasteiger partial charge is 0.238 e. The number of nitrogens with two attached hydrogens (primary N) is 1. The molecule has 0 aliphatic carbocycles. The third-order valence-electron chi connectivity index (χ3n) is 1.74. The van der Waals surface area contributed by atoms with Crippen LogP contribution >= 0.6 is 0 Å². The average Bonchev–Trinajstić information content (AvgIpc) is 2.03. The van der Waals surface area contributed by atoms with Crippen LogP contribution in [-0.2, 0) is 16.4 Å². The van der Waals surface area contributed by atoms with E-state index in [1.165, 1.54) is 6.07 Å². The van der Waals surface area contributed by atoms with Crippen molar-refractivity contribution in [3.05, 3.63) is 23.8 Å². The molecular formula is C8H11NO3S. The topological polar surface area (TPSA) is 80.4 Å². The van der Waals surface area contributed by atoms with E-state index in [1.807, 2.05) is 6.92 Å². The summed E-state index contributed by atoms with van der Waals surface area (Å²) < 4.78 is 22.1. The summed E-state index contributed by atoms with van der Waals surface area (Å²) in [7, 11) is -3.73. The van der Waals surface area contributed by atoms with Crippen LogP contribution < -0.4 is 5.14 Å². The molecule has 0 saturated heterocycles. The van der Waals surface area contributed by atoms with Gasteiger partial charge >= 0.3 is 0 Å². The number of aromatic hydroxyl groups is 1. The first-order valence-corrected chi connectivity index (χ1v) is 5.34. The number of hydrogen-bond donors (Lipinski definition) is 2. The lowest BCUT2D eigenvalue weighted by Crippen LogP contribution is -2.14. The zero-order valence-electron chi connectivity index (χ0n) is 7.19. The van der Waals surface area contributed by atoms with Crippen LogP contribution in [0.3, 0.4) is 0 Å². The number of hydrogen-bond acceptors (Lipinski definition) is 3. The highest BCUT2D eigenvalue weighted by molar-refractivity contribution is 7.89. The van der Waals surface area contributed by atoms with Gasteiger partial charge in [0, 0.05) is 6.07 Å². The van der Waals surface area contributed by atoms with Crippen molar-refractivity contribution in [1.82, 2.24) is 0 Å². The fourth-order valence-corrected chi connectivity index (χ4v) is 1.96. The van der Waals surface area contributed by atoms with Gasteiger partial charge in [-0.15, -0.1) is 0 Å². The molecule has 72 valence electrons. The fourth-order valence-electron chi connectivity index (χ4n) is 1.10. The van der Waals surface area contributed by atoms with Crippen LogP contribution in [0.2, 0.25) is 0 Å². The minimum atomic E-state index is -3.73. The Morgan fingerprint density at radius 2 is 2.08 bits per heavy atom. The molecular weight excluding hydrogens is 190 g/mol. The van der Waals surface area contributed by atoms with Crippen LogP contribution in [0.1, 0.15) is 12.5 Å². The van der Waals surface area contributed by atoms with E-state index in [4.69, 9.17) is 10.2 Å². The molecule has 13 heavy (non-hydrogen) atoms. The highest BCUT2D eigenvalue weighted by Gasteiger charge is 2.12. The van der Waals surface area contributed by atoms with Crippen LogP contribution in [-0.4, -0.2) is 13.5 Å². The van der Waals surface area contributed by atoms with Crippen LogP contribution in [0, 0.1) is 0 Å². The van der Waals surface area contributed by atoms with Crippen molar-refractivity contribution in [2.75, 3.05) is 0 Å². The van der Waals surface area contributed by atoms with Crippen LogP contribution in [0.15, 0.2) is 23.1 Å². The lowest BCUT2D eigenvalue weighted by atomic mass is 10.2. The molecule has 0 aliphatic rings. The van der Waals surface area contributed by atoms with Gasteiger partial charge in [0.2, 0.25) is 10.0 Å². The van der Waals surface area contributed by atoms with E-state index in [0.717, 1.165) is 6.07 Å². The fraction of sp³-hybridized carbons (Fsp3) is 0.250. The molecule has 0 saturated carbocycles. The number of aryl methyl sites for hydroxylation is 1. The normalized spacial score (nSPS) is 11.5. The highest BCUT2D eigenvalue weighted by Crippen LogP contribution is 2.20. The molecule has 0 atom stereocenters. The Labute approximate surface area is 77.1 Å². The van der Waals surface area contributed by atoms with E-state index in [-0.39, 0.29) is 10.6 Å². The van der Waals surface area contributed by atoms with E-state index >= 15 is 0 Å². The SMILES string of the molecule is CCc1ccc(O)cc1S(N)(=O)=O. The zero-order chi connectivity index (χ0) is 10.1. The summed E-state index contributed by atoms with van der Waals surface area (Å²) in [6.45, 7) is 1.82. The van der Waals surface area contributed by atoms with E-state index < -0.39 is 10.0 Å². The Bertz CT molecular complexity index is 411. The molecule has 0 amide bonds. The molecule has 0 radical (unpaired) electrons. The first kappa shape index (κ1) is 10.0. The summed E-state index contributed by atoms with van der Waals surface area (Å²) in [5.74, 6) is -0.0961. The summed E-state index contributed by atoms with van der Waals surface area (Å²) in [6.07, 6.45) is 0.562. The van der Waals surface area contributed by atoms with E-state index in [9.17, 15) is 8.42 Å². The number of sulfonamides is 1. The molecule has 5 heteroatoms. The summed E-state index contributed by atoms with van der Waals surface area (Å²) >= 11 is 0. The Morgan fingerprint density at radius 1 is 1.46 bits per heavy atom. The molecule has 1 aromatic rings. The molecule has 4 nitrogen and oxygen atoms in total. The van der Waals surface area contributed by atoms with Crippen molar-refractivity contribution in [3.8, 4) is 5.75 Å².